The van der Waals surface area contributed by atoms with Gasteiger partial charge in [0.2, 0.25) is 12.7 Å². The molecule has 7 nitrogen and oxygen atoms in total. The van der Waals surface area contributed by atoms with Gasteiger partial charge >= 0.3 is 0 Å². The van der Waals surface area contributed by atoms with Crippen molar-refractivity contribution in [2.45, 2.75) is 13.3 Å². The second kappa shape index (κ2) is 8.83. The van der Waals surface area contributed by atoms with Crippen LogP contribution in [0.2, 0.25) is 10.2 Å². The standard InChI is InChI=1S/C22H17Cl2N3O4/c1-12-8-16(23)15(21(24)25-12)10-20(28)27-17-5-3-2-4-14(17)22(29)26-13-6-7-18-19(9-13)31-11-30-18/h2-9H,10-11H2,1H3,(H,26,29)(H,27,28). The molecule has 0 radical (unpaired) electrons. The van der Waals surface area contributed by atoms with E-state index < -0.39 is 0 Å². The fraction of sp³-hybridized carbons (Fsp3) is 0.136. The maximum atomic E-state index is 12.8. The number of amides is 2. The summed E-state index contributed by atoms with van der Waals surface area (Å²) in [5.74, 6) is 0.411. The third kappa shape index (κ3) is 4.73. The molecule has 0 aliphatic carbocycles. The molecule has 0 saturated carbocycles. The maximum absolute atomic E-state index is 12.8. The van der Waals surface area contributed by atoms with Gasteiger partial charge in [-0.1, -0.05) is 35.3 Å². The molecule has 3 aromatic rings. The lowest BCUT2D eigenvalue weighted by Crippen LogP contribution is -2.19. The van der Waals surface area contributed by atoms with Crippen LogP contribution in [0.15, 0.2) is 48.5 Å². The van der Waals surface area contributed by atoms with Crippen LogP contribution in [0.4, 0.5) is 11.4 Å². The molecule has 158 valence electrons. The molecule has 0 fully saturated rings. The first-order chi connectivity index (χ1) is 14.9. The molecule has 31 heavy (non-hydrogen) atoms. The van der Waals surface area contributed by atoms with Crippen LogP contribution in [-0.2, 0) is 11.2 Å². The molecule has 2 amide bonds. The minimum atomic E-state index is -0.386. The van der Waals surface area contributed by atoms with Gasteiger partial charge in [0.15, 0.2) is 11.5 Å². The first kappa shape index (κ1) is 21.0. The van der Waals surface area contributed by atoms with Gasteiger partial charge in [-0.2, -0.15) is 0 Å². The lowest BCUT2D eigenvalue weighted by Gasteiger charge is -2.13. The molecule has 0 atom stereocenters. The zero-order valence-electron chi connectivity index (χ0n) is 16.4. The van der Waals surface area contributed by atoms with Gasteiger partial charge in [-0.05, 0) is 37.3 Å². The van der Waals surface area contributed by atoms with Crippen molar-refractivity contribution < 1.29 is 19.1 Å². The van der Waals surface area contributed by atoms with Crippen LogP contribution in [0.5, 0.6) is 11.5 Å². The number of aryl methyl sites for hydroxylation is 1. The van der Waals surface area contributed by atoms with E-state index in [4.69, 9.17) is 32.7 Å². The Bertz CT molecular complexity index is 1160. The number of rotatable bonds is 5. The first-order valence-corrected chi connectivity index (χ1v) is 10.1. The van der Waals surface area contributed by atoms with Crippen molar-refractivity contribution in [3.8, 4) is 11.5 Å². The molecular formula is C22H17Cl2N3O4. The maximum Gasteiger partial charge on any atom is 0.257 e. The average molecular weight is 458 g/mol. The number of fused-ring (bicyclic) bond motifs is 1. The summed E-state index contributed by atoms with van der Waals surface area (Å²) < 4.78 is 10.6. The Hall–Kier alpha value is -3.29. The van der Waals surface area contributed by atoms with Crippen LogP contribution >= 0.6 is 23.2 Å². The topological polar surface area (TPSA) is 89.6 Å². The lowest BCUT2D eigenvalue weighted by atomic mass is 10.1. The number of aromatic nitrogens is 1. The number of hydrogen-bond donors (Lipinski definition) is 2. The van der Waals surface area contributed by atoms with Gasteiger partial charge in [0.05, 0.1) is 17.7 Å². The van der Waals surface area contributed by atoms with Gasteiger partial charge in [-0.3, -0.25) is 9.59 Å². The highest BCUT2D eigenvalue weighted by Crippen LogP contribution is 2.34. The van der Waals surface area contributed by atoms with E-state index in [0.717, 1.165) is 0 Å². The minimum absolute atomic E-state index is 0.0803. The van der Waals surface area contributed by atoms with E-state index in [2.05, 4.69) is 15.6 Å². The van der Waals surface area contributed by atoms with Crippen LogP contribution in [0.3, 0.4) is 0 Å². The summed E-state index contributed by atoms with van der Waals surface area (Å²) in [6.07, 6.45) is -0.0803. The van der Waals surface area contributed by atoms with Gasteiger partial charge in [0.25, 0.3) is 5.91 Å². The Balaban J connectivity index is 1.49. The molecule has 0 bridgehead atoms. The summed E-state index contributed by atoms with van der Waals surface area (Å²) in [6.45, 7) is 1.91. The van der Waals surface area contributed by atoms with Crippen LogP contribution in [0, 0.1) is 6.92 Å². The van der Waals surface area contributed by atoms with Crippen molar-refractivity contribution in [3.05, 3.63) is 75.5 Å². The SMILES string of the molecule is Cc1cc(Cl)c(CC(=O)Nc2ccccc2C(=O)Nc2ccc3c(c2)OCO3)c(Cl)n1. The van der Waals surface area contributed by atoms with E-state index in [9.17, 15) is 9.59 Å². The minimum Gasteiger partial charge on any atom is -0.454 e. The van der Waals surface area contributed by atoms with E-state index in [1.165, 1.54) is 0 Å². The number of nitrogens with zero attached hydrogens (tertiary/aromatic N) is 1. The molecule has 1 aromatic heterocycles. The third-order valence-electron chi connectivity index (χ3n) is 4.56. The molecule has 2 N–H and O–H groups in total. The van der Waals surface area contributed by atoms with Crippen LogP contribution in [0.25, 0.3) is 0 Å². The van der Waals surface area contributed by atoms with Crippen molar-refractivity contribution in [3.63, 3.8) is 0 Å². The third-order valence-corrected chi connectivity index (χ3v) is 5.21. The molecule has 1 aliphatic rings. The van der Waals surface area contributed by atoms with E-state index >= 15 is 0 Å². The number of carbonyl (C=O) groups is 2. The summed E-state index contributed by atoms with van der Waals surface area (Å²) in [5.41, 5.74) is 2.28. The largest absolute Gasteiger partial charge is 0.454 e. The summed E-state index contributed by atoms with van der Waals surface area (Å²) >= 11 is 12.3. The van der Waals surface area contributed by atoms with Crippen molar-refractivity contribution in [2.24, 2.45) is 0 Å². The Labute approximate surface area is 188 Å². The van der Waals surface area contributed by atoms with Gasteiger partial charge in [0.1, 0.15) is 5.15 Å². The van der Waals surface area contributed by atoms with Gasteiger partial charge in [-0.15, -0.1) is 0 Å². The molecule has 2 aromatic carbocycles. The lowest BCUT2D eigenvalue weighted by molar-refractivity contribution is -0.115. The van der Waals surface area contributed by atoms with E-state index in [1.54, 1.807) is 55.5 Å². The molecule has 4 rings (SSSR count). The predicted octanol–water partition coefficient (Wildman–Crippen LogP) is 4.86. The van der Waals surface area contributed by atoms with Gasteiger partial charge in [0, 0.05) is 28.0 Å². The number of pyridine rings is 1. The number of carbonyl (C=O) groups excluding carboxylic acids is 2. The summed E-state index contributed by atoms with van der Waals surface area (Å²) in [4.78, 5) is 29.6. The fourth-order valence-corrected chi connectivity index (χ4v) is 3.76. The molecule has 1 aliphatic heterocycles. The number of para-hydroxylation sites is 1. The van der Waals surface area contributed by atoms with Gasteiger partial charge in [-0.25, -0.2) is 4.98 Å². The average Bonchev–Trinajstić information content (AvgIpc) is 3.19. The van der Waals surface area contributed by atoms with Crippen LogP contribution < -0.4 is 20.1 Å². The fourth-order valence-electron chi connectivity index (χ4n) is 3.10. The number of nitrogens with one attached hydrogen (secondary N) is 2. The van der Waals surface area contributed by atoms with Crippen molar-refractivity contribution in [1.82, 2.24) is 4.98 Å². The monoisotopic (exact) mass is 457 g/mol. The number of ether oxygens (including phenoxy) is 2. The summed E-state index contributed by atoms with van der Waals surface area (Å²) in [7, 11) is 0. The highest BCUT2D eigenvalue weighted by molar-refractivity contribution is 6.35. The number of halogens is 2. The molecule has 9 heteroatoms. The predicted molar refractivity (Wildman–Crippen MR) is 118 cm³/mol. The van der Waals surface area contributed by atoms with Crippen molar-refractivity contribution in [2.75, 3.05) is 17.4 Å². The quantitative estimate of drug-likeness (QED) is 0.534. The molecule has 2 heterocycles. The van der Waals surface area contributed by atoms with E-state index in [1.807, 2.05) is 0 Å². The molecular weight excluding hydrogens is 441 g/mol. The highest BCUT2D eigenvalue weighted by atomic mass is 35.5. The zero-order valence-corrected chi connectivity index (χ0v) is 17.9. The Kier molecular flexibility index (Phi) is 5.97. The van der Waals surface area contributed by atoms with Crippen molar-refractivity contribution >= 4 is 46.4 Å². The van der Waals surface area contributed by atoms with Crippen molar-refractivity contribution in [1.29, 1.82) is 0 Å². The van der Waals surface area contributed by atoms with Gasteiger partial charge < -0.3 is 20.1 Å². The van der Waals surface area contributed by atoms with Crippen LogP contribution in [-0.4, -0.2) is 23.6 Å². The number of hydrogen-bond acceptors (Lipinski definition) is 5. The molecule has 0 spiro atoms. The van der Waals surface area contributed by atoms with Crippen LogP contribution in [0.1, 0.15) is 21.6 Å². The van der Waals surface area contributed by atoms with E-state index in [-0.39, 0.29) is 30.2 Å². The summed E-state index contributed by atoms with van der Waals surface area (Å²) in [5, 5.41) is 6.08. The first-order valence-electron chi connectivity index (χ1n) is 9.32. The highest BCUT2D eigenvalue weighted by Gasteiger charge is 2.18. The Morgan fingerprint density at radius 2 is 1.81 bits per heavy atom. The van der Waals surface area contributed by atoms with E-state index in [0.29, 0.717) is 44.7 Å². The number of benzene rings is 2. The normalized spacial score (nSPS) is 11.8. The smallest absolute Gasteiger partial charge is 0.257 e. The molecule has 0 saturated heterocycles. The summed E-state index contributed by atoms with van der Waals surface area (Å²) in [6, 6.07) is 13.4. The Morgan fingerprint density at radius 1 is 1.03 bits per heavy atom. The second-order valence-corrected chi connectivity index (χ2v) is 7.57. The second-order valence-electron chi connectivity index (χ2n) is 6.81. The molecule has 0 unspecified atom stereocenters. The zero-order chi connectivity index (χ0) is 22.0. The number of anilines is 2. The Morgan fingerprint density at radius 3 is 2.61 bits per heavy atom.